The van der Waals surface area contributed by atoms with Crippen molar-refractivity contribution >= 4 is 16.9 Å². The molecule has 0 fully saturated rings. The molecule has 7 nitrogen and oxygen atoms in total. The molecule has 0 spiro atoms. The third kappa shape index (κ3) is 3.56. The Labute approximate surface area is 141 Å². The Balaban J connectivity index is 1.53. The average Bonchev–Trinajstić information content (AvgIpc) is 3.16. The standard InChI is InChI=1S/C17H23N7/c1-12-4-5-14-13(9-20-15(14)8-12)6-7-19-17(18-2)21-10-16-22-11-23-24(16)3/h4-5,8-9,11,20H,6-7,10H2,1-3H3,(H2,18,19,21). The fourth-order valence-electron chi connectivity index (χ4n) is 2.69. The smallest absolute Gasteiger partial charge is 0.191 e. The second kappa shape index (κ2) is 7.16. The molecule has 3 aromatic rings. The molecule has 24 heavy (non-hydrogen) atoms. The van der Waals surface area contributed by atoms with Crippen LogP contribution in [0.5, 0.6) is 0 Å². The molecule has 2 heterocycles. The number of benzene rings is 1. The van der Waals surface area contributed by atoms with Crippen molar-refractivity contribution in [2.45, 2.75) is 19.9 Å². The maximum absolute atomic E-state index is 4.24. The second-order valence-corrected chi connectivity index (χ2v) is 5.77. The van der Waals surface area contributed by atoms with Gasteiger partial charge in [0.25, 0.3) is 0 Å². The molecule has 0 unspecified atom stereocenters. The van der Waals surface area contributed by atoms with Gasteiger partial charge in [-0.05, 0) is 30.5 Å². The van der Waals surface area contributed by atoms with Gasteiger partial charge in [-0.2, -0.15) is 5.10 Å². The van der Waals surface area contributed by atoms with Crippen LogP contribution < -0.4 is 10.6 Å². The van der Waals surface area contributed by atoms with E-state index in [1.165, 1.54) is 22.0 Å². The molecule has 2 aromatic heterocycles. The summed E-state index contributed by atoms with van der Waals surface area (Å²) in [5, 5.41) is 11.9. The molecule has 0 amide bonds. The summed E-state index contributed by atoms with van der Waals surface area (Å²) in [6.07, 6.45) is 4.56. The maximum atomic E-state index is 4.24. The van der Waals surface area contributed by atoms with E-state index in [0.29, 0.717) is 6.54 Å². The summed E-state index contributed by atoms with van der Waals surface area (Å²) in [6, 6.07) is 6.50. The van der Waals surface area contributed by atoms with Crippen LogP contribution in [0.25, 0.3) is 10.9 Å². The van der Waals surface area contributed by atoms with Gasteiger partial charge in [0, 0.05) is 37.7 Å². The topological polar surface area (TPSA) is 82.9 Å². The van der Waals surface area contributed by atoms with E-state index in [9.17, 15) is 0 Å². The number of rotatable bonds is 5. The largest absolute Gasteiger partial charge is 0.361 e. The Hall–Kier alpha value is -2.83. The molecular formula is C17H23N7. The normalized spacial score (nSPS) is 11.9. The Kier molecular flexibility index (Phi) is 4.79. The van der Waals surface area contributed by atoms with Gasteiger partial charge < -0.3 is 15.6 Å². The number of aromatic nitrogens is 4. The number of aryl methyl sites for hydroxylation is 2. The molecule has 0 radical (unpaired) electrons. The summed E-state index contributed by atoms with van der Waals surface area (Å²) in [7, 11) is 3.64. The van der Waals surface area contributed by atoms with Crippen molar-refractivity contribution in [3.05, 3.63) is 47.7 Å². The molecule has 0 atom stereocenters. The number of hydrogen-bond acceptors (Lipinski definition) is 3. The predicted octanol–water partition coefficient (Wildman–Crippen LogP) is 1.51. The minimum absolute atomic E-state index is 0.586. The quantitative estimate of drug-likeness (QED) is 0.490. The van der Waals surface area contributed by atoms with Gasteiger partial charge >= 0.3 is 0 Å². The van der Waals surface area contributed by atoms with Crippen LogP contribution in [0.3, 0.4) is 0 Å². The van der Waals surface area contributed by atoms with Crippen LogP contribution in [0.1, 0.15) is 17.0 Å². The van der Waals surface area contributed by atoms with Crippen LogP contribution in [-0.4, -0.2) is 39.3 Å². The number of aliphatic imine (C=N–C) groups is 1. The number of H-pyrrole nitrogens is 1. The highest BCUT2D eigenvalue weighted by Gasteiger charge is 2.05. The summed E-state index contributed by atoms with van der Waals surface area (Å²) in [6.45, 7) is 3.50. The number of aromatic amines is 1. The Bertz CT molecular complexity index is 844. The zero-order valence-electron chi connectivity index (χ0n) is 14.3. The Morgan fingerprint density at radius 3 is 2.96 bits per heavy atom. The number of fused-ring (bicyclic) bond motifs is 1. The van der Waals surface area contributed by atoms with Crippen molar-refractivity contribution in [2.24, 2.45) is 12.0 Å². The van der Waals surface area contributed by atoms with Gasteiger partial charge in [0.1, 0.15) is 12.2 Å². The van der Waals surface area contributed by atoms with Crippen molar-refractivity contribution in [1.29, 1.82) is 0 Å². The van der Waals surface area contributed by atoms with E-state index in [1.807, 2.05) is 7.05 Å². The molecule has 3 rings (SSSR count). The first-order valence-electron chi connectivity index (χ1n) is 8.01. The number of nitrogens with one attached hydrogen (secondary N) is 3. The van der Waals surface area contributed by atoms with Crippen LogP contribution in [0.15, 0.2) is 35.7 Å². The number of guanidine groups is 1. The summed E-state index contributed by atoms with van der Waals surface area (Å²) in [4.78, 5) is 11.8. The van der Waals surface area contributed by atoms with Gasteiger partial charge in [0.15, 0.2) is 5.96 Å². The van der Waals surface area contributed by atoms with Gasteiger partial charge in [-0.3, -0.25) is 9.67 Å². The van der Waals surface area contributed by atoms with Crippen LogP contribution in [0.4, 0.5) is 0 Å². The first-order valence-corrected chi connectivity index (χ1v) is 8.01. The minimum atomic E-state index is 0.586. The molecule has 0 aliphatic rings. The van der Waals surface area contributed by atoms with E-state index in [1.54, 1.807) is 18.1 Å². The highest BCUT2D eigenvalue weighted by Crippen LogP contribution is 2.19. The lowest BCUT2D eigenvalue weighted by molar-refractivity contribution is 0.672. The molecule has 7 heteroatoms. The van der Waals surface area contributed by atoms with Gasteiger partial charge in [-0.1, -0.05) is 12.1 Å². The fraction of sp³-hybridized carbons (Fsp3) is 0.353. The van der Waals surface area contributed by atoms with E-state index >= 15 is 0 Å². The number of hydrogen-bond donors (Lipinski definition) is 3. The van der Waals surface area contributed by atoms with Crippen molar-refractivity contribution in [3.8, 4) is 0 Å². The molecule has 3 N–H and O–H groups in total. The van der Waals surface area contributed by atoms with Crippen molar-refractivity contribution < 1.29 is 0 Å². The predicted molar refractivity (Wildman–Crippen MR) is 95.9 cm³/mol. The molecule has 126 valence electrons. The highest BCUT2D eigenvalue weighted by molar-refractivity contribution is 5.84. The van der Waals surface area contributed by atoms with Crippen LogP contribution in [0, 0.1) is 6.92 Å². The summed E-state index contributed by atoms with van der Waals surface area (Å²) >= 11 is 0. The SMILES string of the molecule is CN=C(NCCc1c[nH]c2cc(C)ccc12)NCc1ncnn1C. The Morgan fingerprint density at radius 2 is 2.21 bits per heavy atom. The summed E-state index contributed by atoms with van der Waals surface area (Å²) < 4.78 is 1.74. The van der Waals surface area contributed by atoms with Gasteiger partial charge in [-0.15, -0.1) is 0 Å². The zero-order valence-corrected chi connectivity index (χ0v) is 14.3. The van der Waals surface area contributed by atoms with Crippen molar-refractivity contribution in [2.75, 3.05) is 13.6 Å². The van der Waals surface area contributed by atoms with E-state index in [2.05, 4.69) is 62.0 Å². The van der Waals surface area contributed by atoms with Crippen molar-refractivity contribution in [1.82, 2.24) is 30.4 Å². The summed E-state index contributed by atoms with van der Waals surface area (Å²) in [5.41, 5.74) is 3.76. The monoisotopic (exact) mass is 325 g/mol. The first-order chi connectivity index (χ1) is 11.7. The highest BCUT2D eigenvalue weighted by atomic mass is 15.3. The van der Waals surface area contributed by atoms with E-state index in [4.69, 9.17) is 0 Å². The summed E-state index contributed by atoms with van der Waals surface area (Å²) in [5.74, 6) is 1.62. The van der Waals surface area contributed by atoms with Crippen LogP contribution in [0.2, 0.25) is 0 Å². The van der Waals surface area contributed by atoms with Crippen molar-refractivity contribution in [3.63, 3.8) is 0 Å². The third-order valence-electron chi connectivity index (χ3n) is 4.05. The molecule has 0 saturated carbocycles. The maximum Gasteiger partial charge on any atom is 0.191 e. The molecular weight excluding hydrogens is 302 g/mol. The van der Waals surface area contributed by atoms with E-state index in [-0.39, 0.29) is 0 Å². The Morgan fingerprint density at radius 1 is 1.33 bits per heavy atom. The van der Waals surface area contributed by atoms with Crippen LogP contribution >= 0.6 is 0 Å². The van der Waals surface area contributed by atoms with Crippen LogP contribution in [-0.2, 0) is 20.0 Å². The minimum Gasteiger partial charge on any atom is -0.361 e. The fourth-order valence-corrected chi connectivity index (χ4v) is 2.69. The molecule has 0 aliphatic carbocycles. The molecule has 0 bridgehead atoms. The lowest BCUT2D eigenvalue weighted by Gasteiger charge is -2.11. The lowest BCUT2D eigenvalue weighted by Crippen LogP contribution is -2.38. The van der Waals surface area contributed by atoms with Gasteiger partial charge in [-0.25, -0.2) is 4.98 Å². The van der Waals surface area contributed by atoms with E-state index < -0.39 is 0 Å². The third-order valence-corrected chi connectivity index (χ3v) is 4.05. The first kappa shape index (κ1) is 16.0. The average molecular weight is 325 g/mol. The van der Waals surface area contributed by atoms with E-state index in [0.717, 1.165) is 24.7 Å². The second-order valence-electron chi connectivity index (χ2n) is 5.77. The zero-order chi connectivity index (χ0) is 16.9. The molecule has 1 aromatic carbocycles. The molecule has 0 aliphatic heterocycles. The lowest BCUT2D eigenvalue weighted by atomic mass is 10.1. The van der Waals surface area contributed by atoms with Gasteiger partial charge in [0.2, 0.25) is 0 Å². The number of nitrogens with zero attached hydrogens (tertiary/aromatic N) is 4. The van der Waals surface area contributed by atoms with Gasteiger partial charge in [0.05, 0.1) is 6.54 Å². The molecule has 0 saturated heterocycles.